The van der Waals surface area contributed by atoms with Crippen LogP contribution in [0.15, 0.2) is 27.0 Å². The number of nitrogens with one attached hydrogen (secondary N) is 1. The Bertz CT molecular complexity index is 781. The predicted octanol–water partition coefficient (Wildman–Crippen LogP) is 3.33. The Hall–Kier alpha value is -1.45. The summed E-state index contributed by atoms with van der Waals surface area (Å²) in [6, 6.07) is 5.73. The smallest absolute Gasteiger partial charge is 0.246 e. The van der Waals surface area contributed by atoms with Gasteiger partial charge in [0.05, 0.1) is 0 Å². The lowest BCUT2D eigenvalue weighted by Gasteiger charge is -2.28. The summed E-state index contributed by atoms with van der Waals surface area (Å²) in [5.41, 5.74) is 1.86. The zero-order chi connectivity index (χ0) is 17.1. The Kier molecular flexibility index (Phi) is 5.52. The number of carbonyl (C=O) groups excluding carboxylic acids is 2. The average molecular weight is 427 g/mol. The van der Waals surface area contributed by atoms with Gasteiger partial charge in [0.2, 0.25) is 16.9 Å². The lowest BCUT2D eigenvalue weighted by Crippen LogP contribution is -2.40. The monoisotopic (exact) mass is 426 g/mol. The number of thioether (sulfide) groups is 1. The van der Waals surface area contributed by atoms with Crippen molar-refractivity contribution < 1.29 is 9.59 Å². The average Bonchev–Trinajstić information content (AvgIpc) is 2.97. The first-order chi connectivity index (χ1) is 11.6. The van der Waals surface area contributed by atoms with Crippen LogP contribution in [-0.2, 0) is 16.0 Å². The molecule has 3 rings (SSSR count). The Morgan fingerprint density at radius 1 is 1.42 bits per heavy atom. The van der Waals surface area contributed by atoms with Gasteiger partial charge in [0.1, 0.15) is 6.54 Å². The second-order valence-corrected chi connectivity index (χ2v) is 8.51. The van der Waals surface area contributed by atoms with Crippen LogP contribution in [-0.4, -0.2) is 34.3 Å². The molecule has 0 atom stereocenters. The van der Waals surface area contributed by atoms with Gasteiger partial charge in [-0.1, -0.05) is 46.0 Å². The molecule has 0 unspecified atom stereocenters. The second kappa shape index (κ2) is 7.62. The van der Waals surface area contributed by atoms with Crippen molar-refractivity contribution in [3.05, 3.63) is 28.2 Å². The van der Waals surface area contributed by atoms with Gasteiger partial charge in [0.15, 0.2) is 4.34 Å². The van der Waals surface area contributed by atoms with Gasteiger partial charge in [0.25, 0.3) is 0 Å². The summed E-state index contributed by atoms with van der Waals surface area (Å²) < 4.78 is 1.78. The molecule has 1 N–H and O–H groups in total. The maximum absolute atomic E-state index is 12.3. The lowest BCUT2D eigenvalue weighted by molar-refractivity contribution is -0.121. The van der Waals surface area contributed by atoms with E-state index in [0.717, 1.165) is 25.8 Å². The van der Waals surface area contributed by atoms with Gasteiger partial charge in [-0.15, -0.1) is 10.2 Å². The third-order valence-corrected chi connectivity index (χ3v) is 5.81. The van der Waals surface area contributed by atoms with E-state index in [0.29, 0.717) is 18.0 Å². The fraction of sp³-hybridized carbons (Fsp3) is 0.333. The van der Waals surface area contributed by atoms with Crippen molar-refractivity contribution in [2.75, 3.05) is 22.5 Å². The van der Waals surface area contributed by atoms with Crippen LogP contribution in [0.5, 0.6) is 0 Å². The number of aromatic nitrogens is 2. The molecule has 24 heavy (non-hydrogen) atoms. The largest absolute Gasteiger partial charge is 0.303 e. The summed E-state index contributed by atoms with van der Waals surface area (Å²) in [5, 5.41) is 11.1. The summed E-state index contributed by atoms with van der Waals surface area (Å²) in [4.78, 5) is 26.0. The van der Waals surface area contributed by atoms with Gasteiger partial charge in [-0.2, -0.15) is 0 Å². The van der Waals surface area contributed by atoms with E-state index in [4.69, 9.17) is 0 Å². The van der Waals surface area contributed by atoms with E-state index in [1.54, 1.807) is 11.8 Å². The number of hydrogen-bond acceptors (Lipinski definition) is 6. The van der Waals surface area contributed by atoms with Gasteiger partial charge in [-0.3, -0.25) is 14.9 Å². The minimum Gasteiger partial charge on any atom is -0.303 e. The number of benzene rings is 1. The van der Waals surface area contributed by atoms with Crippen LogP contribution in [0.1, 0.15) is 18.9 Å². The van der Waals surface area contributed by atoms with Crippen molar-refractivity contribution in [2.45, 2.75) is 24.1 Å². The number of rotatable bonds is 5. The maximum Gasteiger partial charge on any atom is 0.246 e. The van der Waals surface area contributed by atoms with Crippen molar-refractivity contribution in [2.24, 2.45) is 0 Å². The molecule has 1 aromatic carbocycles. The van der Waals surface area contributed by atoms with Gasteiger partial charge in [0, 0.05) is 16.6 Å². The molecule has 0 saturated heterocycles. The molecule has 0 saturated carbocycles. The minimum atomic E-state index is -0.275. The predicted molar refractivity (Wildman–Crippen MR) is 99.8 cm³/mol. The van der Waals surface area contributed by atoms with Crippen LogP contribution >= 0.6 is 39.0 Å². The maximum atomic E-state index is 12.3. The highest BCUT2D eigenvalue weighted by Gasteiger charge is 2.26. The number of halogens is 1. The first kappa shape index (κ1) is 17.4. The van der Waals surface area contributed by atoms with Crippen molar-refractivity contribution >= 4 is 61.7 Å². The SMILES string of the molecule is CCSc1nnc(NC(=O)CN2C(=O)CCc3cc(Br)ccc32)s1. The summed E-state index contributed by atoms with van der Waals surface area (Å²) in [7, 11) is 0. The molecule has 0 radical (unpaired) electrons. The molecule has 6 nitrogen and oxygen atoms in total. The number of fused-ring (bicyclic) bond motifs is 1. The highest BCUT2D eigenvalue weighted by atomic mass is 79.9. The van der Waals surface area contributed by atoms with Crippen LogP contribution in [0.2, 0.25) is 0 Å². The molecule has 0 aliphatic carbocycles. The van der Waals surface area contributed by atoms with Crippen molar-refractivity contribution in [1.82, 2.24) is 10.2 Å². The number of anilines is 2. The van der Waals surface area contributed by atoms with Crippen molar-refractivity contribution in [3.63, 3.8) is 0 Å². The van der Waals surface area contributed by atoms with Crippen LogP contribution in [0, 0.1) is 0 Å². The van der Waals surface area contributed by atoms with Crippen LogP contribution in [0.4, 0.5) is 10.8 Å². The lowest BCUT2D eigenvalue weighted by atomic mass is 10.0. The van der Waals surface area contributed by atoms with Crippen LogP contribution in [0.3, 0.4) is 0 Å². The van der Waals surface area contributed by atoms with E-state index in [2.05, 4.69) is 31.4 Å². The Morgan fingerprint density at radius 3 is 3.04 bits per heavy atom. The third-order valence-electron chi connectivity index (χ3n) is 3.46. The number of nitrogens with zero attached hydrogens (tertiary/aromatic N) is 3. The fourth-order valence-electron chi connectivity index (χ4n) is 2.45. The fourth-order valence-corrected chi connectivity index (χ4v) is 4.52. The molecule has 2 amide bonds. The minimum absolute atomic E-state index is 0.0245. The summed E-state index contributed by atoms with van der Waals surface area (Å²) in [6.07, 6.45) is 1.10. The molecule has 2 heterocycles. The molecular weight excluding hydrogens is 412 g/mol. The van der Waals surface area contributed by atoms with Gasteiger partial charge in [-0.25, -0.2) is 0 Å². The normalized spacial score (nSPS) is 13.8. The van der Waals surface area contributed by atoms with Crippen molar-refractivity contribution in [1.29, 1.82) is 0 Å². The van der Waals surface area contributed by atoms with Crippen molar-refractivity contribution in [3.8, 4) is 0 Å². The zero-order valence-corrected chi connectivity index (χ0v) is 16.1. The van der Waals surface area contributed by atoms with Gasteiger partial charge in [-0.05, 0) is 35.9 Å². The molecule has 1 aliphatic rings. The topological polar surface area (TPSA) is 75.2 Å². The molecule has 2 aromatic rings. The van der Waals surface area contributed by atoms with Crippen LogP contribution < -0.4 is 10.2 Å². The highest BCUT2D eigenvalue weighted by Crippen LogP contribution is 2.30. The molecule has 1 aliphatic heterocycles. The van der Waals surface area contributed by atoms with E-state index >= 15 is 0 Å². The molecule has 9 heteroatoms. The first-order valence-corrected chi connectivity index (χ1v) is 10.0. The zero-order valence-electron chi connectivity index (χ0n) is 12.9. The Morgan fingerprint density at radius 2 is 2.25 bits per heavy atom. The van der Waals surface area contributed by atoms with Crippen LogP contribution in [0.25, 0.3) is 0 Å². The molecular formula is C15H15BrN4O2S2. The molecule has 0 bridgehead atoms. The first-order valence-electron chi connectivity index (χ1n) is 7.41. The number of aryl methyl sites for hydroxylation is 1. The molecule has 126 valence electrons. The van der Waals surface area contributed by atoms with E-state index in [1.807, 2.05) is 25.1 Å². The Balaban J connectivity index is 1.70. The number of carbonyl (C=O) groups is 2. The summed E-state index contributed by atoms with van der Waals surface area (Å²) >= 11 is 6.35. The molecule has 1 aromatic heterocycles. The summed E-state index contributed by atoms with van der Waals surface area (Å²) in [6.45, 7) is 2.01. The quantitative estimate of drug-likeness (QED) is 0.585. The Labute approximate surface area is 156 Å². The van der Waals surface area contributed by atoms with E-state index in [1.165, 1.54) is 16.2 Å². The van der Waals surface area contributed by atoms with Gasteiger partial charge >= 0.3 is 0 Å². The molecule has 0 fully saturated rings. The van der Waals surface area contributed by atoms with E-state index in [-0.39, 0.29) is 18.4 Å². The van der Waals surface area contributed by atoms with E-state index in [9.17, 15) is 9.59 Å². The van der Waals surface area contributed by atoms with E-state index < -0.39 is 0 Å². The highest BCUT2D eigenvalue weighted by molar-refractivity contribution is 9.10. The summed E-state index contributed by atoms with van der Waals surface area (Å²) in [5.74, 6) is 0.583. The second-order valence-electron chi connectivity index (χ2n) is 5.11. The number of hydrogen-bond donors (Lipinski definition) is 1. The third kappa shape index (κ3) is 3.96. The van der Waals surface area contributed by atoms with Gasteiger partial charge < -0.3 is 4.90 Å². The number of amides is 2. The molecule has 0 spiro atoms. The standard InChI is InChI=1S/C15H15BrN4O2S2/c1-2-23-15-19-18-14(24-15)17-12(21)8-20-11-5-4-10(16)7-9(11)3-6-13(20)22/h4-5,7H,2-3,6,8H2,1H3,(H,17,18,21).